The number of sulfonamides is 1. The van der Waals surface area contributed by atoms with Gasteiger partial charge in [-0.05, 0) is 18.1 Å². The van der Waals surface area contributed by atoms with Crippen LogP contribution in [0.1, 0.15) is 13.8 Å². The van der Waals surface area contributed by atoms with Crippen molar-refractivity contribution >= 4 is 15.7 Å². The molecule has 8 heteroatoms. The normalized spacial score (nSPS) is 13.7. The lowest BCUT2D eigenvalue weighted by molar-refractivity contribution is 0.157. The maximum absolute atomic E-state index is 13.8. The van der Waals surface area contributed by atoms with Crippen LogP contribution in [-0.2, 0) is 14.8 Å². The highest BCUT2D eigenvalue weighted by Gasteiger charge is 2.26. The van der Waals surface area contributed by atoms with E-state index in [0.29, 0.717) is 0 Å². The van der Waals surface area contributed by atoms with Crippen molar-refractivity contribution in [3.05, 3.63) is 23.8 Å². The van der Waals surface area contributed by atoms with E-state index in [4.69, 9.17) is 10.5 Å². The van der Waals surface area contributed by atoms with Gasteiger partial charge in [0.1, 0.15) is 16.4 Å². The van der Waals surface area contributed by atoms with Gasteiger partial charge in [-0.15, -0.1) is 0 Å². The van der Waals surface area contributed by atoms with E-state index in [1.807, 2.05) is 0 Å². The van der Waals surface area contributed by atoms with Gasteiger partial charge < -0.3 is 10.5 Å². The number of nitrogen functional groups attached to an aromatic ring is 1. The second-order valence-electron chi connectivity index (χ2n) is 4.70. The number of methoxy groups -OCH3 is 1. The molecule has 114 valence electrons. The Kier molecular flexibility index (Phi) is 5.43. The third-order valence-electron chi connectivity index (χ3n) is 2.84. The Morgan fingerprint density at radius 3 is 2.45 bits per heavy atom. The Labute approximate surface area is 117 Å². The van der Waals surface area contributed by atoms with Gasteiger partial charge in [0, 0.05) is 13.2 Å². The molecule has 1 aromatic carbocycles. The lowest BCUT2D eigenvalue weighted by atomic mass is 10.1. The zero-order valence-corrected chi connectivity index (χ0v) is 12.3. The minimum atomic E-state index is -4.15. The highest BCUT2D eigenvalue weighted by Crippen LogP contribution is 2.23. The first-order chi connectivity index (χ1) is 9.20. The van der Waals surface area contributed by atoms with Crippen LogP contribution in [0.25, 0.3) is 0 Å². The zero-order valence-electron chi connectivity index (χ0n) is 11.5. The summed E-state index contributed by atoms with van der Waals surface area (Å²) in [6.45, 7) is 3.72. The fraction of sp³-hybridized carbons (Fsp3) is 0.500. The molecule has 0 heterocycles. The predicted octanol–water partition coefficient (Wildman–Crippen LogP) is 1.50. The molecule has 0 spiro atoms. The summed E-state index contributed by atoms with van der Waals surface area (Å²) >= 11 is 0. The first kappa shape index (κ1) is 16.8. The molecule has 0 bridgehead atoms. The highest BCUT2D eigenvalue weighted by atomic mass is 32.2. The maximum Gasteiger partial charge on any atom is 0.243 e. The zero-order chi connectivity index (χ0) is 15.5. The number of hydrogen-bond donors (Lipinski definition) is 2. The van der Waals surface area contributed by atoms with Crippen LogP contribution in [0.5, 0.6) is 0 Å². The summed E-state index contributed by atoms with van der Waals surface area (Å²) in [4.78, 5) is -0.682. The first-order valence-corrected chi connectivity index (χ1v) is 7.43. The molecule has 0 aliphatic carbocycles. The summed E-state index contributed by atoms with van der Waals surface area (Å²) in [5, 5.41) is 0. The molecule has 0 aliphatic rings. The molecule has 0 saturated carbocycles. The van der Waals surface area contributed by atoms with Crippen LogP contribution >= 0.6 is 0 Å². The van der Waals surface area contributed by atoms with E-state index in [2.05, 4.69) is 4.72 Å². The molecule has 0 aliphatic heterocycles. The summed E-state index contributed by atoms with van der Waals surface area (Å²) in [5.41, 5.74) is 4.34. The summed E-state index contributed by atoms with van der Waals surface area (Å²) in [5.74, 6) is -2.36. The second-order valence-corrected chi connectivity index (χ2v) is 6.38. The molecule has 1 rings (SSSR count). The molecular weight excluding hydrogens is 290 g/mol. The van der Waals surface area contributed by atoms with Crippen molar-refractivity contribution in [3.8, 4) is 0 Å². The van der Waals surface area contributed by atoms with Crippen LogP contribution in [0.2, 0.25) is 0 Å². The maximum atomic E-state index is 13.8. The molecule has 20 heavy (non-hydrogen) atoms. The predicted molar refractivity (Wildman–Crippen MR) is 71.6 cm³/mol. The second kappa shape index (κ2) is 6.47. The molecule has 5 nitrogen and oxygen atoms in total. The third-order valence-corrected chi connectivity index (χ3v) is 4.35. The molecule has 1 unspecified atom stereocenters. The quantitative estimate of drug-likeness (QED) is 0.780. The van der Waals surface area contributed by atoms with Crippen molar-refractivity contribution < 1.29 is 21.9 Å². The lowest BCUT2D eigenvalue weighted by Crippen LogP contribution is -2.41. The topological polar surface area (TPSA) is 81.4 Å². The Bertz CT molecular complexity index is 576. The summed E-state index contributed by atoms with van der Waals surface area (Å²) in [6, 6.07) is 1.12. The van der Waals surface area contributed by atoms with E-state index >= 15 is 0 Å². The largest absolute Gasteiger partial charge is 0.394 e. The van der Waals surface area contributed by atoms with Crippen LogP contribution in [0.4, 0.5) is 14.5 Å². The monoisotopic (exact) mass is 308 g/mol. The number of nitrogens with one attached hydrogen (secondary N) is 1. The smallest absolute Gasteiger partial charge is 0.243 e. The van der Waals surface area contributed by atoms with Gasteiger partial charge in [-0.25, -0.2) is 21.9 Å². The molecule has 0 aromatic heterocycles. The molecule has 0 saturated heterocycles. The van der Waals surface area contributed by atoms with E-state index in [0.717, 1.165) is 12.1 Å². The molecule has 0 fully saturated rings. The standard InChI is InChI=1S/C12H18F2N2O3S/c1-7(2)9(6-19-3)16-20(17,18)10-5-4-8(13)12(15)11(10)14/h4-5,7,9,16H,6,15H2,1-3H3. The fourth-order valence-corrected chi connectivity index (χ4v) is 3.02. The number of nitrogens with two attached hydrogens (primary N) is 1. The average molecular weight is 308 g/mol. The minimum absolute atomic E-state index is 0.0643. The first-order valence-electron chi connectivity index (χ1n) is 5.95. The van der Waals surface area contributed by atoms with E-state index < -0.39 is 38.3 Å². The van der Waals surface area contributed by atoms with Crippen molar-refractivity contribution in [3.63, 3.8) is 0 Å². The number of halogens is 2. The van der Waals surface area contributed by atoms with E-state index in [1.165, 1.54) is 7.11 Å². The third kappa shape index (κ3) is 3.65. The molecule has 1 aromatic rings. The summed E-state index contributed by atoms with van der Waals surface area (Å²) in [6.07, 6.45) is 0. The van der Waals surface area contributed by atoms with Gasteiger partial charge in [0.25, 0.3) is 0 Å². The van der Waals surface area contributed by atoms with Gasteiger partial charge in [-0.1, -0.05) is 13.8 Å². The Morgan fingerprint density at radius 2 is 1.95 bits per heavy atom. The Balaban J connectivity index is 3.14. The van der Waals surface area contributed by atoms with Crippen molar-refractivity contribution in [1.29, 1.82) is 0 Å². The van der Waals surface area contributed by atoms with Gasteiger partial charge in [-0.3, -0.25) is 0 Å². The van der Waals surface area contributed by atoms with E-state index in [-0.39, 0.29) is 12.5 Å². The highest BCUT2D eigenvalue weighted by molar-refractivity contribution is 7.89. The van der Waals surface area contributed by atoms with Crippen LogP contribution < -0.4 is 10.5 Å². The average Bonchev–Trinajstić information content (AvgIpc) is 2.34. The number of hydrogen-bond acceptors (Lipinski definition) is 4. The van der Waals surface area contributed by atoms with Gasteiger partial charge in [0.15, 0.2) is 5.82 Å². The Hall–Kier alpha value is -1.25. The summed E-state index contributed by atoms with van der Waals surface area (Å²) in [7, 11) is -2.72. The number of anilines is 1. The van der Waals surface area contributed by atoms with Crippen molar-refractivity contribution in [1.82, 2.24) is 4.72 Å². The summed E-state index contributed by atoms with van der Waals surface area (Å²) < 4.78 is 58.3. The Morgan fingerprint density at radius 1 is 1.35 bits per heavy atom. The molecular formula is C12H18F2N2O3S. The van der Waals surface area contributed by atoms with Crippen LogP contribution in [0.15, 0.2) is 17.0 Å². The van der Waals surface area contributed by atoms with Gasteiger partial charge in [-0.2, -0.15) is 0 Å². The molecule has 3 N–H and O–H groups in total. The van der Waals surface area contributed by atoms with Gasteiger partial charge >= 0.3 is 0 Å². The number of rotatable bonds is 6. The molecule has 0 amide bonds. The van der Waals surface area contributed by atoms with Crippen LogP contribution in [0.3, 0.4) is 0 Å². The molecule has 1 atom stereocenters. The number of benzene rings is 1. The van der Waals surface area contributed by atoms with Crippen molar-refractivity contribution in [2.45, 2.75) is 24.8 Å². The van der Waals surface area contributed by atoms with E-state index in [1.54, 1.807) is 13.8 Å². The van der Waals surface area contributed by atoms with E-state index in [9.17, 15) is 17.2 Å². The molecule has 0 radical (unpaired) electrons. The van der Waals surface area contributed by atoms with Crippen molar-refractivity contribution in [2.75, 3.05) is 19.5 Å². The fourth-order valence-electron chi connectivity index (χ4n) is 1.56. The van der Waals surface area contributed by atoms with Crippen LogP contribution in [-0.4, -0.2) is 28.2 Å². The van der Waals surface area contributed by atoms with Gasteiger partial charge in [0.05, 0.1) is 6.61 Å². The lowest BCUT2D eigenvalue weighted by Gasteiger charge is -2.21. The SMILES string of the molecule is COCC(NS(=O)(=O)c1ccc(F)c(N)c1F)C(C)C. The minimum Gasteiger partial charge on any atom is -0.394 e. The number of ether oxygens (including phenoxy) is 1. The van der Waals surface area contributed by atoms with Crippen LogP contribution in [0, 0.1) is 17.6 Å². The van der Waals surface area contributed by atoms with Crippen molar-refractivity contribution in [2.24, 2.45) is 5.92 Å². The van der Waals surface area contributed by atoms with Gasteiger partial charge in [0.2, 0.25) is 10.0 Å².